The lowest BCUT2D eigenvalue weighted by Gasteiger charge is -2.51. The summed E-state index contributed by atoms with van der Waals surface area (Å²) in [4.78, 5) is 36.7. The summed E-state index contributed by atoms with van der Waals surface area (Å²) >= 11 is 0. The standard InChI is InChI=1S/C36H67NO6/c1-5-9-10-11-12-13-14-15-16-17-18-19-20-21-22-23-24-25-26-27-28-29-30-37(31(6-2)34(38)39,32(7-3)35(40)41)33(8-4)36(42)43/h26-27,31-33H,5-25,28-30H2,1-4H3,(H2-,38,39,40,41,42,43)/b27-26+. The van der Waals surface area contributed by atoms with Crippen molar-refractivity contribution in [2.45, 2.75) is 193 Å². The Morgan fingerprint density at radius 1 is 0.535 bits per heavy atom. The minimum Gasteiger partial charge on any atom is -0.544 e. The summed E-state index contributed by atoms with van der Waals surface area (Å²) < 4.78 is -0.496. The molecular formula is C36H67NO6. The summed E-state index contributed by atoms with van der Waals surface area (Å²) in [6, 6.07) is -3.44. The van der Waals surface area contributed by atoms with Gasteiger partial charge in [-0.3, -0.25) is 4.48 Å². The maximum absolute atomic E-state index is 12.3. The van der Waals surface area contributed by atoms with E-state index in [4.69, 9.17) is 0 Å². The number of allylic oxidation sites excluding steroid dienone is 2. The normalized spacial score (nSPS) is 15.3. The summed E-state index contributed by atoms with van der Waals surface area (Å²) in [5.41, 5.74) is 0. The molecule has 0 aromatic heterocycles. The van der Waals surface area contributed by atoms with Crippen LogP contribution < -0.4 is 5.11 Å². The first-order chi connectivity index (χ1) is 20.7. The summed E-state index contributed by atoms with van der Waals surface area (Å²) in [5, 5.41) is 32.2. The van der Waals surface area contributed by atoms with E-state index in [2.05, 4.69) is 19.1 Å². The van der Waals surface area contributed by atoms with Gasteiger partial charge in [-0.05, 0) is 19.3 Å². The zero-order valence-corrected chi connectivity index (χ0v) is 28.3. The van der Waals surface area contributed by atoms with Crippen molar-refractivity contribution < 1.29 is 34.2 Å². The second kappa shape index (κ2) is 26.5. The molecule has 0 aliphatic heterocycles. The fourth-order valence-electron chi connectivity index (χ4n) is 6.97. The van der Waals surface area contributed by atoms with Crippen LogP contribution in [0.15, 0.2) is 12.2 Å². The molecule has 0 bridgehead atoms. The Morgan fingerprint density at radius 2 is 0.860 bits per heavy atom. The van der Waals surface area contributed by atoms with E-state index in [9.17, 15) is 29.7 Å². The zero-order chi connectivity index (χ0) is 32.3. The van der Waals surface area contributed by atoms with E-state index in [1.165, 1.54) is 103 Å². The summed E-state index contributed by atoms with van der Waals surface area (Å²) in [6.07, 6.45) is 29.8. The lowest BCUT2D eigenvalue weighted by Crippen LogP contribution is -2.73. The van der Waals surface area contributed by atoms with E-state index >= 15 is 0 Å². The molecule has 7 nitrogen and oxygen atoms in total. The number of unbranched alkanes of at least 4 members (excludes halogenated alkanes) is 18. The van der Waals surface area contributed by atoms with E-state index in [1.807, 2.05) is 0 Å². The predicted molar refractivity (Wildman–Crippen MR) is 175 cm³/mol. The number of carboxylic acids is 3. The van der Waals surface area contributed by atoms with Crippen molar-refractivity contribution in [3.63, 3.8) is 0 Å². The van der Waals surface area contributed by atoms with Gasteiger partial charge < -0.3 is 20.1 Å². The molecule has 0 fully saturated rings. The molecular weight excluding hydrogens is 542 g/mol. The molecule has 0 aromatic carbocycles. The minimum absolute atomic E-state index is 0.116. The molecule has 0 spiro atoms. The highest BCUT2D eigenvalue weighted by Gasteiger charge is 2.53. The van der Waals surface area contributed by atoms with Crippen molar-refractivity contribution >= 4 is 17.9 Å². The van der Waals surface area contributed by atoms with Gasteiger partial charge in [-0.25, -0.2) is 9.59 Å². The Morgan fingerprint density at radius 3 is 1.16 bits per heavy atom. The number of nitrogens with zero attached hydrogens (tertiary/aromatic N) is 1. The molecule has 0 aliphatic rings. The van der Waals surface area contributed by atoms with Crippen molar-refractivity contribution in [3.8, 4) is 0 Å². The predicted octanol–water partition coefficient (Wildman–Crippen LogP) is 8.44. The molecule has 0 amide bonds. The SMILES string of the molecule is CCCCCCCCCCCCCCCCCCC/C=C/CCC[N+](C(CC)C(=O)[O-])(C(CC)C(=O)O)C(CC)C(=O)O. The molecule has 0 heterocycles. The van der Waals surface area contributed by atoms with E-state index in [0.29, 0.717) is 12.8 Å². The number of carboxylic acid groups (broad SMARTS) is 3. The minimum atomic E-state index is -1.38. The molecule has 0 saturated heterocycles. The molecule has 0 saturated carbocycles. The van der Waals surface area contributed by atoms with Crippen molar-refractivity contribution in [1.29, 1.82) is 0 Å². The Hall–Kier alpha value is -1.89. The van der Waals surface area contributed by atoms with Crippen LogP contribution in [0.25, 0.3) is 0 Å². The highest BCUT2D eigenvalue weighted by Crippen LogP contribution is 2.32. The van der Waals surface area contributed by atoms with Gasteiger partial charge in [-0.1, -0.05) is 143 Å². The Bertz CT molecular complexity index is 697. The fourth-order valence-corrected chi connectivity index (χ4v) is 6.97. The molecule has 43 heavy (non-hydrogen) atoms. The summed E-state index contributed by atoms with van der Waals surface area (Å²) in [5.74, 6) is -3.69. The van der Waals surface area contributed by atoms with Gasteiger partial charge in [0.05, 0.1) is 12.5 Å². The van der Waals surface area contributed by atoms with Gasteiger partial charge in [-0.2, -0.15) is 0 Å². The molecule has 2 N–H and O–H groups in total. The van der Waals surface area contributed by atoms with Gasteiger partial charge in [-0.15, -0.1) is 0 Å². The van der Waals surface area contributed by atoms with Crippen LogP contribution in [0.3, 0.4) is 0 Å². The van der Waals surface area contributed by atoms with Crippen molar-refractivity contribution in [2.24, 2.45) is 0 Å². The van der Waals surface area contributed by atoms with Crippen LogP contribution in [-0.4, -0.2) is 57.3 Å². The quantitative estimate of drug-likeness (QED) is 0.0463. The lowest BCUT2D eigenvalue weighted by molar-refractivity contribution is -0.974. The van der Waals surface area contributed by atoms with Crippen LogP contribution >= 0.6 is 0 Å². The zero-order valence-electron chi connectivity index (χ0n) is 28.3. The van der Waals surface area contributed by atoms with Crippen LogP contribution in [0, 0.1) is 0 Å². The van der Waals surface area contributed by atoms with Crippen LogP contribution in [0.4, 0.5) is 0 Å². The van der Waals surface area contributed by atoms with Gasteiger partial charge >= 0.3 is 11.9 Å². The number of rotatable bonds is 31. The number of carbonyl (C=O) groups excluding carboxylic acids is 1. The smallest absolute Gasteiger partial charge is 0.362 e. The van der Waals surface area contributed by atoms with E-state index in [0.717, 1.165) is 12.8 Å². The van der Waals surface area contributed by atoms with Gasteiger partial charge in [0.1, 0.15) is 6.04 Å². The molecule has 0 radical (unpaired) electrons. The number of aliphatic carboxylic acids is 3. The molecule has 252 valence electrons. The van der Waals surface area contributed by atoms with Crippen LogP contribution in [0.5, 0.6) is 0 Å². The van der Waals surface area contributed by atoms with E-state index in [-0.39, 0.29) is 25.8 Å². The van der Waals surface area contributed by atoms with Crippen LogP contribution in [0.1, 0.15) is 175 Å². The Labute approximate surface area is 264 Å². The number of hydrogen-bond acceptors (Lipinski definition) is 4. The van der Waals surface area contributed by atoms with Gasteiger partial charge in [0.15, 0.2) is 12.1 Å². The average molecular weight is 610 g/mol. The molecule has 7 heteroatoms. The van der Waals surface area contributed by atoms with Crippen molar-refractivity contribution in [3.05, 3.63) is 12.2 Å². The molecule has 3 atom stereocenters. The third-order valence-electron chi connectivity index (χ3n) is 9.30. The highest BCUT2D eigenvalue weighted by molar-refractivity contribution is 5.77. The molecule has 3 unspecified atom stereocenters. The number of quaternary nitrogens is 1. The third-order valence-corrected chi connectivity index (χ3v) is 9.30. The maximum atomic E-state index is 12.3. The first kappa shape index (κ1) is 41.1. The van der Waals surface area contributed by atoms with Crippen LogP contribution in [-0.2, 0) is 14.4 Å². The fraction of sp³-hybridized carbons (Fsp3) is 0.861. The lowest BCUT2D eigenvalue weighted by atomic mass is 9.94. The average Bonchev–Trinajstić information content (AvgIpc) is 2.96. The maximum Gasteiger partial charge on any atom is 0.362 e. The van der Waals surface area contributed by atoms with Crippen LogP contribution in [0.2, 0.25) is 0 Å². The van der Waals surface area contributed by atoms with Gasteiger partial charge in [0.25, 0.3) is 0 Å². The van der Waals surface area contributed by atoms with Crippen molar-refractivity contribution in [2.75, 3.05) is 6.54 Å². The summed E-state index contributed by atoms with van der Waals surface area (Å²) in [7, 11) is 0. The second-order valence-corrected chi connectivity index (χ2v) is 12.5. The van der Waals surface area contributed by atoms with Gasteiger partial charge in [0, 0.05) is 25.7 Å². The largest absolute Gasteiger partial charge is 0.544 e. The second-order valence-electron chi connectivity index (χ2n) is 12.5. The van der Waals surface area contributed by atoms with E-state index < -0.39 is 40.5 Å². The first-order valence-electron chi connectivity index (χ1n) is 17.9. The molecule has 0 aliphatic carbocycles. The van der Waals surface area contributed by atoms with Crippen molar-refractivity contribution in [1.82, 2.24) is 0 Å². The Balaban J connectivity index is 4.35. The third kappa shape index (κ3) is 16.7. The number of hydrogen-bond donors (Lipinski definition) is 2. The monoisotopic (exact) mass is 609 g/mol. The topological polar surface area (TPSA) is 115 Å². The Kier molecular flexibility index (Phi) is 25.3. The molecule has 0 aromatic rings. The number of carbonyl (C=O) groups is 3. The van der Waals surface area contributed by atoms with E-state index in [1.54, 1.807) is 20.8 Å². The molecule has 0 rings (SSSR count). The summed E-state index contributed by atoms with van der Waals surface area (Å²) in [6.45, 7) is 7.47. The van der Waals surface area contributed by atoms with Gasteiger partial charge in [0.2, 0.25) is 0 Å². The first-order valence-corrected chi connectivity index (χ1v) is 17.9. The highest BCUT2D eigenvalue weighted by atomic mass is 16.4.